The number of guanidine groups is 1. The van der Waals surface area contributed by atoms with Crippen LogP contribution in [0.4, 0.5) is 0 Å². The average Bonchev–Trinajstić information content (AvgIpc) is 2.91. The Morgan fingerprint density at radius 3 is 1.82 bits per heavy atom. The zero-order valence-corrected chi connectivity index (χ0v) is 21.9. The van der Waals surface area contributed by atoms with Gasteiger partial charge in [-0.25, -0.2) is 4.79 Å². The standard InChI is InChI=1S/C27H37N7O5/c1-17(23(35)34-22(26(38)39)16-19-11-6-3-7-12-19)32-25(37)21(15-18-9-4-2-5-10-18)33-24(36)20(28)13-8-14-31-27(29)30/h2-7,9-12,17,20-22H,8,13-16,28H2,1H3,(H,32,37)(H,33,36)(H,34,35)(H,38,39)(H4,29,30,31). The van der Waals surface area contributed by atoms with Gasteiger partial charge < -0.3 is 38.3 Å². The molecule has 39 heavy (non-hydrogen) atoms. The normalized spacial score (nSPS) is 13.7. The third kappa shape index (κ3) is 11.2. The van der Waals surface area contributed by atoms with Crippen molar-refractivity contribution >= 4 is 29.7 Å². The van der Waals surface area contributed by atoms with Gasteiger partial charge in [0.05, 0.1) is 6.04 Å². The van der Waals surface area contributed by atoms with E-state index in [2.05, 4.69) is 20.9 Å². The SMILES string of the molecule is CC(NC(=O)C(Cc1ccccc1)NC(=O)C(N)CCCN=C(N)N)C(=O)NC(Cc1ccccc1)C(=O)O. The number of carbonyl (C=O) groups excluding carboxylic acids is 3. The van der Waals surface area contributed by atoms with Crippen molar-refractivity contribution in [3.05, 3.63) is 71.8 Å². The predicted molar refractivity (Wildman–Crippen MR) is 147 cm³/mol. The second-order valence-corrected chi connectivity index (χ2v) is 9.13. The highest BCUT2D eigenvalue weighted by Gasteiger charge is 2.28. The summed E-state index contributed by atoms with van der Waals surface area (Å²) in [5.74, 6) is -3.08. The summed E-state index contributed by atoms with van der Waals surface area (Å²) < 4.78 is 0. The van der Waals surface area contributed by atoms with Crippen LogP contribution in [0.1, 0.15) is 30.9 Å². The Morgan fingerprint density at radius 2 is 1.31 bits per heavy atom. The molecule has 0 fully saturated rings. The molecule has 210 valence electrons. The summed E-state index contributed by atoms with van der Waals surface area (Å²) in [6.07, 6.45) is 0.988. The lowest BCUT2D eigenvalue weighted by atomic mass is 10.0. The van der Waals surface area contributed by atoms with Crippen LogP contribution in [0.15, 0.2) is 65.7 Å². The Balaban J connectivity index is 2.04. The van der Waals surface area contributed by atoms with Crippen LogP contribution in [-0.4, -0.2) is 65.5 Å². The number of carboxylic acid groups (broad SMARTS) is 1. The van der Waals surface area contributed by atoms with Crippen molar-refractivity contribution in [3.8, 4) is 0 Å². The minimum Gasteiger partial charge on any atom is -0.480 e. The van der Waals surface area contributed by atoms with Gasteiger partial charge in [0.25, 0.3) is 0 Å². The molecule has 0 aliphatic rings. The maximum Gasteiger partial charge on any atom is 0.326 e. The minimum absolute atomic E-state index is 0.0551. The number of benzene rings is 2. The van der Waals surface area contributed by atoms with E-state index in [-0.39, 0.29) is 18.8 Å². The highest BCUT2D eigenvalue weighted by atomic mass is 16.4. The Bertz CT molecular complexity index is 1120. The van der Waals surface area contributed by atoms with Crippen molar-refractivity contribution in [1.82, 2.24) is 16.0 Å². The molecule has 2 aromatic carbocycles. The van der Waals surface area contributed by atoms with E-state index in [0.717, 1.165) is 11.1 Å². The summed E-state index contributed by atoms with van der Waals surface area (Å²) in [6, 6.07) is 13.7. The highest BCUT2D eigenvalue weighted by molar-refractivity contribution is 5.94. The lowest BCUT2D eigenvalue weighted by Crippen LogP contribution is -2.57. The molecule has 0 saturated heterocycles. The first-order valence-electron chi connectivity index (χ1n) is 12.6. The van der Waals surface area contributed by atoms with E-state index in [1.807, 2.05) is 6.07 Å². The van der Waals surface area contributed by atoms with Crippen LogP contribution in [0.5, 0.6) is 0 Å². The quantitative estimate of drug-likeness (QED) is 0.0880. The molecule has 2 rings (SSSR count). The van der Waals surface area contributed by atoms with Crippen LogP contribution >= 0.6 is 0 Å². The zero-order valence-electron chi connectivity index (χ0n) is 21.9. The van der Waals surface area contributed by atoms with Gasteiger partial charge in [0.2, 0.25) is 17.7 Å². The molecule has 0 aromatic heterocycles. The van der Waals surface area contributed by atoms with Crippen molar-refractivity contribution in [2.24, 2.45) is 22.2 Å². The predicted octanol–water partition coefficient (Wildman–Crippen LogP) is -0.588. The van der Waals surface area contributed by atoms with E-state index in [0.29, 0.717) is 19.4 Å². The molecule has 0 aliphatic heterocycles. The monoisotopic (exact) mass is 539 g/mol. The summed E-state index contributed by atoms with van der Waals surface area (Å²) >= 11 is 0. The maximum atomic E-state index is 13.2. The van der Waals surface area contributed by atoms with Crippen LogP contribution in [0, 0.1) is 0 Å². The molecular formula is C27H37N7O5. The molecule has 0 spiro atoms. The Hall–Kier alpha value is -4.45. The molecule has 12 heteroatoms. The lowest BCUT2D eigenvalue weighted by molar-refractivity contribution is -0.142. The van der Waals surface area contributed by atoms with E-state index in [4.69, 9.17) is 17.2 Å². The highest BCUT2D eigenvalue weighted by Crippen LogP contribution is 2.07. The summed E-state index contributed by atoms with van der Waals surface area (Å²) in [7, 11) is 0. The molecule has 10 N–H and O–H groups in total. The van der Waals surface area contributed by atoms with Gasteiger partial charge in [-0.15, -0.1) is 0 Å². The summed E-state index contributed by atoms with van der Waals surface area (Å²) in [4.78, 5) is 54.2. The van der Waals surface area contributed by atoms with Crippen molar-refractivity contribution < 1.29 is 24.3 Å². The number of aliphatic carboxylic acids is 1. The van der Waals surface area contributed by atoms with Crippen LogP contribution in [0.25, 0.3) is 0 Å². The van der Waals surface area contributed by atoms with Crippen molar-refractivity contribution in [3.63, 3.8) is 0 Å². The molecule has 0 radical (unpaired) electrons. The maximum absolute atomic E-state index is 13.2. The molecule has 4 atom stereocenters. The Labute approximate surface area is 227 Å². The van der Waals surface area contributed by atoms with Gasteiger partial charge in [-0.05, 0) is 30.9 Å². The number of nitrogens with one attached hydrogen (secondary N) is 3. The number of rotatable bonds is 15. The minimum atomic E-state index is -1.20. The molecule has 0 aliphatic carbocycles. The number of hydrogen-bond acceptors (Lipinski definition) is 6. The fraction of sp³-hybridized carbons (Fsp3) is 0.370. The summed E-state index contributed by atoms with van der Waals surface area (Å²) in [6.45, 7) is 1.75. The third-order valence-corrected chi connectivity index (χ3v) is 5.87. The van der Waals surface area contributed by atoms with E-state index >= 15 is 0 Å². The number of aliphatic imine (C=N–C) groups is 1. The van der Waals surface area contributed by atoms with Gasteiger partial charge in [0.15, 0.2) is 5.96 Å². The molecule has 0 saturated carbocycles. The lowest BCUT2D eigenvalue weighted by Gasteiger charge is -2.24. The largest absolute Gasteiger partial charge is 0.480 e. The van der Waals surface area contributed by atoms with Gasteiger partial charge in [0.1, 0.15) is 18.1 Å². The molecule has 2 aromatic rings. The van der Waals surface area contributed by atoms with E-state index < -0.39 is 47.9 Å². The van der Waals surface area contributed by atoms with Crippen LogP contribution in [0.2, 0.25) is 0 Å². The van der Waals surface area contributed by atoms with Crippen molar-refractivity contribution in [2.75, 3.05) is 6.54 Å². The fourth-order valence-electron chi connectivity index (χ4n) is 3.71. The fourth-order valence-corrected chi connectivity index (χ4v) is 3.71. The number of nitrogens with two attached hydrogens (primary N) is 3. The first-order valence-corrected chi connectivity index (χ1v) is 12.6. The molecule has 3 amide bonds. The number of nitrogens with zero attached hydrogens (tertiary/aromatic N) is 1. The number of carbonyl (C=O) groups is 4. The molecule has 4 unspecified atom stereocenters. The second-order valence-electron chi connectivity index (χ2n) is 9.13. The zero-order chi connectivity index (χ0) is 28.8. The smallest absolute Gasteiger partial charge is 0.326 e. The van der Waals surface area contributed by atoms with Gasteiger partial charge >= 0.3 is 5.97 Å². The second kappa shape index (κ2) is 15.7. The van der Waals surface area contributed by atoms with Gasteiger partial charge in [-0.2, -0.15) is 0 Å². The number of amides is 3. The van der Waals surface area contributed by atoms with Gasteiger partial charge in [0, 0.05) is 19.4 Å². The van der Waals surface area contributed by atoms with Gasteiger partial charge in [-0.3, -0.25) is 19.4 Å². The first-order chi connectivity index (χ1) is 18.6. The number of carboxylic acids is 1. The average molecular weight is 540 g/mol. The summed E-state index contributed by atoms with van der Waals surface area (Å²) in [5, 5.41) is 17.3. The molecule has 12 nitrogen and oxygen atoms in total. The Kier molecular flexibility index (Phi) is 12.4. The van der Waals surface area contributed by atoms with E-state index in [1.54, 1.807) is 54.6 Å². The van der Waals surface area contributed by atoms with Crippen LogP contribution < -0.4 is 33.2 Å². The summed E-state index contributed by atoms with van der Waals surface area (Å²) in [5.41, 5.74) is 18.1. The Morgan fingerprint density at radius 1 is 0.795 bits per heavy atom. The third-order valence-electron chi connectivity index (χ3n) is 5.87. The van der Waals surface area contributed by atoms with Gasteiger partial charge in [-0.1, -0.05) is 60.7 Å². The van der Waals surface area contributed by atoms with Crippen molar-refractivity contribution in [1.29, 1.82) is 0 Å². The topological polar surface area (TPSA) is 215 Å². The van der Waals surface area contributed by atoms with Crippen LogP contribution in [0.3, 0.4) is 0 Å². The first kappa shape index (κ1) is 30.8. The molecule has 0 heterocycles. The number of hydrogen-bond donors (Lipinski definition) is 7. The van der Waals surface area contributed by atoms with Crippen molar-refractivity contribution in [2.45, 2.75) is 56.8 Å². The van der Waals surface area contributed by atoms with Crippen LogP contribution in [-0.2, 0) is 32.0 Å². The molecular weight excluding hydrogens is 502 g/mol. The molecule has 0 bridgehead atoms. The van der Waals surface area contributed by atoms with E-state index in [1.165, 1.54) is 6.92 Å². The van der Waals surface area contributed by atoms with E-state index in [9.17, 15) is 24.3 Å².